The fourth-order valence-corrected chi connectivity index (χ4v) is 4.55. The fraction of sp³-hybridized carbons (Fsp3) is 0.417. The highest BCUT2D eigenvalue weighted by Crippen LogP contribution is 2.23. The molecule has 7 nitrogen and oxygen atoms in total. The van der Waals surface area contributed by atoms with Gasteiger partial charge in [0.25, 0.3) is 0 Å². The number of amides is 1. The monoisotopic (exact) mass is 471 g/mol. The van der Waals surface area contributed by atoms with Crippen LogP contribution in [0, 0.1) is 25.6 Å². The number of aromatic nitrogens is 4. The Hall–Kier alpha value is -2.94. The maximum atomic E-state index is 13.2. The molecule has 0 fully saturated rings. The lowest BCUT2D eigenvalue weighted by Crippen LogP contribution is -2.15. The lowest BCUT2D eigenvalue weighted by atomic mass is 10.2. The Kier molecular flexibility index (Phi) is 8.07. The van der Waals surface area contributed by atoms with Crippen molar-refractivity contribution < 1.29 is 14.0 Å². The van der Waals surface area contributed by atoms with Gasteiger partial charge in [0.2, 0.25) is 5.91 Å². The van der Waals surface area contributed by atoms with Crippen molar-refractivity contribution in [1.29, 1.82) is 0 Å². The molecule has 0 saturated heterocycles. The minimum absolute atomic E-state index is 0.0104. The molecule has 0 aliphatic rings. The Morgan fingerprint density at radius 2 is 1.82 bits per heavy atom. The molecule has 0 atom stereocenters. The second-order valence-electron chi connectivity index (χ2n) is 8.58. The number of Topliss-reactive ketones (excluding diaryl/α,β-unsaturated/α-hetero) is 1. The zero-order valence-electron chi connectivity index (χ0n) is 19.5. The van der Waals surface area contributed by atoms with E-state index in [0.717, 1.165) is 17.0 Å². The first-order chi connectivity index (χ1) is 15.7. The van der Waals surface area contributed by atoms with Crippen LogP contribution >= 0.6 is 11.8 Å². The van der Waals surface area contributed by atoms with Gasteiger partial charge in [0, 0.05) is 42.9 Å². The molecule has 0 saturated carbocycles. The number of rotatable bonds is 11. The van der Waals surface area contributed by atoms with Crippen LogP contribution in [-0.2, 0) is 24.3 Å². The van der Waals surface area contributed by atoms with Crippen LogP contribution in [0.15, 0.2) is 35.5 Å². The number of thioether (sulfide) groups is 1. The van der Waals surface area contributed by atoms with Gasteiger partial charge in [-0.3, -0.25) is 9.59 Å². The van der Waals surface area contributed by atoms with E-state index in [1.807, 2.05) is 24.5 Å². The first-order valence-corrected chi connectivity index (χ1v) is 11.9. The van der Waals surface area contributed by atoms with Crippen LogP contribution in [0.1, 0.15) is 53.4 Å². The first-order valence-electron chi connectivity index (χ1n) is 10.9. The predicted molar refractivity (Wildman–Crippen MR) is 127 cm³/mol. The van der Waals surface area contributed by atoms with Crippen LogP contribution in [0.25, 0.3) is 0 Å². The predicted octanol–water partition coefficient (Wildman–Crippen LogP) is 3.93. The molecule has 2 N–H and O–H groups in total. The van der Waals surface area contributed by atoms with Crippen molar-refractivity contribution in [3.05, 3.63) is 64.5 Å². The Morgan fingerprint density at radius 1 is 1.12 bits per heavy atom. The highest BCUT2D eigenvalue weighted by molar-refractivity contribution is 7.99. The molecule has 1 aromatic carbocycles. The molecule has 0 spiro atoms. The van der Waals surface area contributed by atoms with E-state index >= 15 is 0 Å². The summed E-state index contributed by atoms with van der Waals surface area (Å²) >= 11 is 1.35. The van der Waals surface area contributed by atoms with Crippen LogP contribution in [0.3, 0.4) is 0 Å². The molecule has 176 valence electrons. The highest BCUT2D eigenvalue weighted by Gasteiger charge is 2.19. The molecule has 9 heteroatoms. The summed E-state index contributed by atoms with van der Waals surface area (Å²) in [6, 6.07) is 8.29. The first kappa shape index (κ1) is 24.7. The topological polar surface area (TPSA) is 95.8 Å². The number of nitrogens with zero attached hydrogens (tertiary/aromatic N) is 4. The largest absolute Gasteiger partial charge is 0.370 e. The molecule has 3 rings (SSSR count). The van der Waals surface area contributed by atoms with E-state index in [4.69, 9.17) is 5.73 Å². The van der Waals surface area contributed by atoms with Crippen molar-refractivity contribution in [2.24, 2.45) is 11.7 Å². The van der Waals surface area contributed by atoms with Crippen molar-refractivity contribution in [2.45, 2.75) is 58.8 Å². The second kappa shape index (κ2) is 10.8. The summed E-state index contributed by atoms with van der Waals surface area (Å²) in [6.45, 7) is 9.34. The van der Waals surface area contributed by atoms with Crippen molar-refractivity contribution in [1.82, 2.24) is 19.3 Å². The number of aryl methyl sites for hydroxylation is 2. The van der Waals surface area contributed by atoms with Gasteiger partial charge in [-0.1, -0.05) is 37.7 Å². The maximum Gasteiger partial charge on any atom is 0.217 e. The van der Waals surface area contributed by atoms with Crippen molar-refractivity contribution in [3.8, 4) is 0 Å². The van der Waals surface area contributed by atoms with Crippen LogP contribution in [0.2, 0.25) is 0 Å². The number of hydrogen-bond acceptors (Lipinski definition) is 5. The third-order valence-electron chi connectivity index (χ3n) is 5.40. The molecule has 0 unspecified atom stereocenters. The fourth-order valence-electron chi connectivity index (χ4n) is 3.70. The van der Waals surface area contributed by atoms with Crippen LogP contribution in [0.4, 0.5) is 4.39 Å². The Labute approximate surface area is 197 Å². The molecule has 0 aliphatic heterocycles. The van der Waals surface area contributed by atoms with E-state index in [1.165, 1.54) is 23.9 Å². The van der Waals surface area contributed by atoms with E-state index < -0.39 is 0 Å². The number of halogens is 1. The van der Waals surface area contributed by atoms with Crippen molar-refractivity contribution in [3.63, 3.8) is 0 Å². The highest BCUT2D eigenvalue weighted by atomic mass is 32.2. The maximum absolute atomic E-state index is 13.2. The summed E-state index contributed by atoms with van der Waals surface area (Å²) in [6.07, 6.45) is 0.633. The number of ketones is 1. The average molecular weight is 472 g/mol. The standard InChI is InChI=1S/C24H30FN5O2S/c1-15(2)12-30-23(10-9-22(26)32)27-28-24(30)33-14-21(31)20-11-16(3)29(17(20)4)13-18-5-7-19(25)8-6-18/h5-8,11,15H,9-10,12-14H2,1-4H3,(H2,26,32). The Morgan fingerprint density at radius 3 is 2.45 bits per heavy atom. The quantitative estimate of drug-likeness (QED) is 0.338. The van der Waals surface area contributed by atoms with Crippen LogP contribution < -0.4 is 5.73 Å². The molecule has 2 aromatic heterocycles. The molecule has 33 heavy (non-hydrogen) atoms. The minimum Gasteiger partial charge on any atom is -0.370 e. The third-order valence-corrected chi connectivity index (χ3v) is 6.36. The smallest absolute Gasteiger partial charge is 0.217 e. The molecule has 1 amide bonds. The van der Waals surface area contributed by atoms with Crippen LogP contribution in [-0.4, -0.2) is 36.8 Å². The van der Waals surface area contributed by atoms with Gasteiger partial charge < -0.3 is 14.9 Å². The second-order valence-corrected chi connectivity index (χ2v) is 9.52. The van der Waals surface area contributed by atoms with Gasteiger partial charge in [0.05, 0.1) is 5.75 Å². The van der Waals surface area contributed by atoms with Gasteiger partial charge in [0.15, 0.2) is 10.9 Å². The van der Waals surface area contributed by atoms with E-state index in [-0.39, 0.29) is 29.7 Å². The number of primary amides is 1. The lowest BCUT2D eigenvalue weighted by molar-refractivity contribution is -0.118. The third kappa shape index (κ3) is 6.31. The molecule has 0 bridgehead atoms. The van der Waals surface area contributed by atoms with E-state index in [9.17, 15) is 14.0 Å². The SMILES string of the molecule is Cc1cc(C(=O)CSc2nnc(CCC(N)=O)n2CC(C)C)c(C)n1Cc1ccc(F)cc1. The minimum atomic E-state index is -0.380. The van der Waals surface area contributed by atoms with Crippen molar-refractivity contribution in [2.75, 3.05) is 5.75 Å². The van der Waals surface area contributed by atoms with E-state index in [1.54, 1.807) is 12.1 Å². The van der Waals surface area contributed by atoms with Crippen molar-refractivity contribution >= 4 is 23.5 Å². The summed E-state index contributed by atoms with van der Waals surface area (Å²) in [4.78, 5) is 24.2. The van der Waals surface area contributed by atoms with Gasteiger partial charge in [0.1, 0.15) is 11.6 Å². The summed E-state index contributed by atoms with van der Waals surface area (Å²) in [5.74, 6) is 0.650. The lowest BCUT2D eigenvalue weighted by Gasteiger charge is -2.12. The Bertz CT molecular complexity index is 1130. The molecular formula is C24H30FN5O2S. The van der Waals surface area contributed by atoms with Crippen LogP contribution in [0.5, 0.6) is 0 Å². The number of carbonyl (C=O) groups is 2. The van der Waals surface area contributed by atoms with Gasteiger partial charge in [-0.2, -0.15) is 0 Å². The summed E-state index contributed by atoms with van der Waals surface area (Å²) in [5.41, 5.74) is 8.78. The normalized spacial score (nSPS) is 11.3. The number of carbonyl (C=O) groups excluding carboxylic acids is 2. The molecule has 0 radical (unpaired) electrons. The molecule has 3 aromatic rings. The Balaban J connectivity index is 1.73. The number of benzene rings is 1. The zero-order chi connectivity index (χ0) is 24.1. The zero-order valence-corrected chi connectivity index (χ0v) is 20.3. The van der Waals surface area contributed by atoms with Gasteiger partial charge >= 0.3 is 0 Å². The molecule has 0 aliphatic carbocycles. The van der Waals surface area contributed by atoms with Gasteiger partial charge in [-0.05, 0) is 43.5 Å². The summed E-state index contributed by atoms with van der Waals surface area (Å²) in [7, 11) is 0. The average Bonchev–Trinajstić information content (AvgIpc) is 3.26. The number of nitrogens with two attached hydrogens (primary N) is 1. The number of hydrogen-bond donors (Lipinski definition) is 1. The van der Waals surface area contributed by atoms with Gasteiger partial charge in [-0.25, -0.2) is 4.39 Å². The molecular weight excluding hydrogens is 441 g/mol. The van der Waals surface area contributed by atoms with E-state index in [2.05, 4.69) is 28.6 Å². The van der Waals surface area contributed by atoms with E-state index in [0.29, 0.717) is 42.0 Å². The summed E-state index contributed by atoms with van der Waals surface area (Å²) < 4.78 is 17.3. The van der Waals surface area contributed by atoms with Gasteiger partial charge in [-0.15, -0.1) is 10.2 Å². The molecule has 2 heterocycles. The summed E-state index contributed by atoms with van der Waals surface area (Å²) in [5, 5.41) is 9.14.